The Labute approximate surface area is 239 Å². The van der Waals surface area contributed by atoms with E-state index >= 15 is 0 Å². The van der Waals surface area contributed by atoms with Gasteiger partial charge >= 0.3 is 159 Å². The number of anilines is 2. The number of nitrogens with one attached hydrogen (secondary N) is 1. The first kappa shape index (κ1) is 29.6. The summed E-state index contributed by atoms with van der Waals surface area (Å²) in [5.41, 5.74) is 2.27. The molecule has 0 bridgehead atoms. The molecule has 12 heteroatoms. The maximum absolute atomic E-state index is 14.2. The zero-order valence-electron chi connectivity index (χ0n) is 22.7. The van der Waals surface area contributed by atoms with Crippen LogP contribution in [-0.2, 0) is 27.2 Å². The van der Waals surface area contributed by atoms with E-state index in [9.17, 15) is 14.0 Å². The Bertz CT molecular complexity index is 1180. The molecule has 10 nitrogen and oxygen atoms in total. The van der Waals surface area contributed by atoms with Gasteiger partial charge in [0.1, 0.15) is 0 Å². The molecular weight excluding hydrogens is 618 g/mol. The van der Waals surface area contributed by atoms with Gasteiger partial charge in [0, 0.05) is 27.2 Å². The molecule has 3 amide bonds. The second kappa shape index (κ2) is 13.8. The average Bonchev–Trinajstić information content (AvgIpc) is 2.93. The molecule has 0 radical (unpaired) electrons. The van der Waals surface area contributed by atoms with E-state index in [1.165, 1.54) is 31.4 Å². The SMILES string of the molecule is CCC1CCCCN(Cc2cc3c(nc2C(OC)OC)N(C(=O)Nc2cc(F)c([I-]N)cn2)CCC3)C(=O)C1. The van der Waals surface area contributed by atoms with Crippen LogP contribution in [-0.4, -0.2) is 54.1 Å². The van der Waals surface area contributed by atoms with Gasteiger partial charge in [-0.2, -0.15) is 0 Å². The zero-order valence-corrected chi connectivity index (χ0v) is 24.9. The van der Waals surface area contributed by atoms with Crippen molar-refractivity contribution < 1.29 is 44.9 Å². The number of aromatic nitrogens is 2. The summed E-state index contributed by atoms with van der Waals surface area (Å²) in [6.07, 6.45) is 6.78. The minimum absolute atomic E-state index is 0.107. The summed E-state index contributed by atoms with van der Waals surface area (Å²) in [6, 6.07) is 2.74. The fourth-order valence-electron chi connectivity index (χ4n) is 5.21. The first-order valence-electron chi connectivity index (χ1n) is 13.3. The van der Waals surface area contributed by atoms with Gasteiger partial charge in [0.15, 0.2) is 0 Å². The Morgan fingerprint density at radius 1 is 1.26 bits per heavy atom. The third-order valence-electron chi connectivity index (χ3n) is 7.38. The van der Waals surface area contributed by atoms with Crippen LogP contribution in [0.3, 0.4) is 0 Å². The molecule has 1 unspecified atom stereocenters. The molecule has 0 spiro atoms. The number of hydrogen-bond donors (Lipinski definition) is 2. The predicted molar refractivity (Wildman–Crippen MR) is 140 cm³/mol. The summed E-state index contributed by atoms with van der Waals surface area (Å²) in [7, 11) is 3.06. The van der Waals surface area contributed by atoms with Crippen LogP contribution in [0.2, 0.25) is 0 Å². The van der Waals surface area contributed by atoms with Crippen molar-refractivity contribution >= 4 is 23.6 Å². The molecule has 0 aromatic carbocycles. The minimum atomic E-state index is -0.947. The minimum Gasteiger partial charge on any atom is -0.275 e. The number of nitrogens with two attached hydrogens (primary N) is 1. The standard InChI is InChI=1S/C27H37FIN6O4/c1-4-17-8-5-6-10-34(23(36)12-17)16-19-13-18-9-7-11-35(25(18)33-24(19)26(38-2)39-3)27(37)32-22-14-20(28)21(29-30)15-31-22/h13-15,17,26H,4-12,16,30H2,1-3H3,(H,31,32,37)/q-1. The zero-order chi connectivity index (χ0) is 27.9. The van der Waals surface area contributed by atoms with Gasteiger partial charge in [-0.25, -0.2) is 0 Å². The van der Waals surface area contributed by atoms with E-state index < -0.39 is 39.6 Å². The number of fused-ring (bicyclic) bond motifs is 1. The number of urea groups is 1. The summed E-state index contributed by atoms with van der Waals surface area (Å²) in [4.78, 5) is 38.9. The quantitative estimate of drug-likeness (QED) is 0.247. The maximum atomic E-state index is 14.2. The van der Waals surface area contributed by atoms with E-state index in [-0.39, 0.29) is 11.7 Å². The molecule has 1 atom stereocenters. The number of hydrogen-bond acceptors (Lipinski definition) is 7. The molecule has 0 aliphatic carbocycles. The van der Waals surface area contributed by atoms with Crippen molar-refractivity contribution in [2.45, 2.75) is 64.7 Å². The molecule has 214 valence electrons. The van der Waals surface area contributed by atoms with E-state index in [1.54, 1.807) is 0 Å². The van der Waals surface area contributed by atoms with E-state index in [1.807, 2.05) is 11.0 Å². The van der Waals surface area contributed by atoms with Gasteiger partial charge in [-0.3, -0.25) is 4.79 Å². The number of methoxy groups -OCH3 is 2. The van der Waals surface area contributed by atoms with Gasteiger partial charge in [-0.1, -0.05) is 19.8 Å². The predicted octanol–water partition coefficient (Wildman–Crippen LogP) is 0.953. The molecule has 4 rings (SSSR count). The number of ether oxygens (including phenoxy) is 2. The van der Waals surface area contributed by atoms with E-state index in [0.29, 0.717) is 47.1 Å². The molecule has 2 aliphatic rings. The van der Waals surface area contributed by atoms with Crippen molar-refractivity contribution in [3.63, 3.8) is 0 Å². The molecule has 2 aromatic heterocycles. The van der Waals surface area contributed by atoms with Gasteiger partial charge in [-0.05, 0) is 18.8 Å². The van der Waals surface area contributed by atoms with Crippen molar-refractivity contribution in [3.05, 3.63) is 44.5 Å². The second-order valence-electron chi connectivity index (χ2n) is 9.89. The summed E-state index contributed by atoms with van der Waals surface area (Å²) in [5, 5.41) is 2.68. The normalized spacial score (nSPS) is 18.2. The number of carbonyl (C=O) groups is 2. The van der Waals surface area contributed by atoms with Gasteiger partial charge in [0.2, 0.25) is 5.91 Å². The van der Waals surface area contributed by atoms with Crippen LogP contribution in [0, 0.1) is 15.3 Å². The number of rotatable bonds is 8. The van der Waals surface area contributed by atoms with E-state index in [2.05, 4.69) is 17.2 Å². The van der Waals surface area contributed by atoms with Gasteiger partial charge < -0.3 is 4.90 Å². The van der Waals surface area contributed by atoms with Crippen LogP contribution in [0.4, 0.5) is 20.8 Å². The molecule has 1 fully saturated rings. The molecule has 2 aliphatic heterocycles. The number of nitrogens with zero attached hydrogens (tertiary/aromatic N) is 4. The van der Waals surface area contributed by atoms with Crippen molar-refractivity contribution in [3.8, 4) is 0 Å². The molecule has 3 N–H and O–H groups in total. The number of halogens is 2. The molecule has 0 saturated carbocycles. The second-order valence-corrected chi connectivity index (χ2v) is 11.7. The smallest absolute Gasteiger partial charge is 0.223 e. The number of aryl methyl sites for hydroxylation is 1. The van der Waals surface area contributed by atoms with Crippen LogP contribution >= 0.6 is 0 Å². The van der Waals surface area contributed by atoms with Crippen LogP contribution in [0.5, 0.6) is 0 Å². The van der Waals surface area contributed by atoms with Crippen LogP contribution < -0.4 is 35.6 Å². The first-order chi connectivity index (χ1) is 18.9. The van der Waals surface area contributed by atoms with E-state index in [4.69, 9.17) is 18.4 Å². The third-order valence-corrected chi connectivity index (χ3v) is 8.84. The van der Waals surface area contributed by atoms with Crippen LogP contribution in [0.25, 0.3) is 0 Å². The van der Waals surface area contributed by atoms with Gasteiger partial charge in [0.25, 0.3) is 0 Å². The topological polar surface area (TPSA) is 123 Å². The Morgan fingerprint density at radius 3 is 2.74 bits per heavy atom. The molecule has 1 saturated heterocycles. The third kappa shape index (κ3) is 7.02. The molecule has 4 heterocycles. The first-order valence-corrected chi connectivity index (χ1v) is 15.6. The Morgan fingerprint density at radius 2 is 2.05 bits per heavy atom. The number of amides is 3. The van der Waals surface area contributed by atoms with E-state index in [0.717, 1.165) is 49.7 Å². The summed E-state index contributed by atoms with van der Waals surface area (Å²) < 4.78 is 31.4. The van der Waals surface area contributed by atoms with Crippen molar-refractivity contribution in [1.29, 1.82) is 0 Å². The van der Waals surface area contributed by atoms with Crippen molar-refractivity contribution in [2.75, 3.05) is 37.5 Å². The number of carbonyl (C=O) groups excluding carboxylic acids is 2. The molecule has 2 aromatic rings. The average molecular weight is 656 g/mol. The monoisotopic (exact) mass is 655 g/mol. The maximum Gasteiger partial charge on any atom is 0.223 e. The van der Waals surface area contributed by atoms with Crippen molar-refractivity contribution in [1.82, 2.24) is 14.9 Å². The van der Waals surface area contributed by atoms with Gasteiger partial charge in [0.05, 0.1) is 0 Å². The van der Waals surface area contributed by atoms with Crippen molar-refractivity contribution in [2.24, 2.45) is 9.86 Å². The number of pyridine rings is 2. The van der Waals surface area contributed by atoms with Crippen LogP contribution in [0.1, 0.15) is 68.6 Å². The summed E-state index contributed by atoms with van der Waals surface area (Å²) in [5.74, 6) is 0.684. The molecular formula is C27H37FIN6O4-. The fraction of sp³-hybridized carbons (Fsp3) is 0.556. The fourth-order valence-corrected chi connectivity index (χ4v) is 5.96. The Kier molecular flexibility index (Phi) is 10.4. The van der Waals surface area contributed by atoms with Crippen LogP contribution in [0.15, 0.2) is 18.3 Å². The summed E-state index contributed by atoms with van der Waals surface area (Å²) >= 11 is -0.947. The summed E-state index contributed by atoms with van der Waals surface area (Å²) in [6.45, 7) is 3.67. The van der Waals surface area contributed by atoms with Gasteiger partial charge in [-0.15, -0.1) is 0 Å². The Hall–Kier alpha value is -2.42. The number of likely N-dealkylation sites (tertiary alicyclic amines) is 1. The largest absolute Gasteiger partial charge is 0.275 e. The Balaban J connectivity index is 1.63. The molecule has 39 heavy (non-hydrogen) atoms.